The first-order valence-electron chi connectivity index (χ1n) is 10.6. The Hall–Kier alpha value is -1.89. The standard InChI is InChI=1S/C23H30N2O3S/c1-28-23-11-5-4-10-21(23)22(25-14-6-7-15-25)17-24-29(26,27)20-13-12-18-8-2-3-9-19(18)16-20/h4-5,10-13,16,22,24H,2-3,6-9,14-15,17H2,1H3. The molecule has 4 rings (SSSR count). The molecule has 1 unspecified atom stereocenters. The second-order valence-corrected chi connectivity index (χ2v) is 9.76. The van der Waals surface area contributed by atoms with Crippen LogP contribution in [0, 0.1) is 0 Å². The molecule has 1 saturated heterocycles. The van der Waals surface area contributed by atoms with Crippen LogP contribution in [0.2, 0.25) is 0 Å². The van der Waals surface area contributed by atoms with Gasteiger partial charge in [0, 0.05) is 12.1 Å². The highest BCUT2D eigenvalue weighted by Gasteiger charge is 2.28. The van der Waals surface area contributed by atoms with Gasteiger partial charge < -0.3 is 4.74 Å². The Balaban J connectivity index is 1.56. The maximum atomic E-state index is 13.1. The van der Waals surface area contributed by atoms with E-state index in [9.17, 15) is 8.42 Å². The number of ether oxygens (including phenoxy) is 1. The van der Waals surface area contributed by atoms with Crippen LogP contribution in [0.25, 0.3) is 0 Å². The van der Waals surface area contributed by atoms with Gasteiger partial charge in [-0.05, 0) is 80.9 Å². The van der Waals surface area contributed by atoms with Gasteiger partial charge in [0.15, 0.2) is 0 Å². The molecule has 156 valence electrons. The Morgan fingerprint density at radius 1 is 1.00 bits per heavy atom. The van der Waals surface area contributed by atoms with E-state index in [-0.39, 0.29) is 6.04 Å². The number of benzene rings is 2. The summed E-state index contributed by atoms with van der Waals surface area (Å²) in [7, 11) is -1.90. The third-order valence-corrected chi connectivity index (χ3v) is 7.60. The fourth-order valence-corrected chi connectivity index (χ4v) is 5.67. The lowest BCUT2D eigenvalue weighted by Crippen LogP contribution is -2.37. The van der Waals surface area contributed by atoms with Crippen LogP contribution in [0.3, 0.4) is 0 Å². The number of para-hydroxylation sites is 1. The molecule has 29 heavy (non-hydrogen) atoms. The number of fused-ring (bicyclic) bond motifs is 1. The molecule has 0 spiro atoms. The minimum atomic E-state index is -3.56. The molecule has 1 aliphatic heterocycles. The summed E-state index contributed by atoms with van der Waals surface area (Å²) < 4.78 is 34.6. The van der Waals surface area contributed by atoms with E-state index in [0.29, 0.717) is 11.4 Å². The van der Waals surface area contributed by atoms with Crippen molar-refractivity contribution in [2.24, 2.45) is 0 Å². The fourth-order valence-electron chi connectivity index (χ4n) is 4.58. The summed E-state index contributed by atoms with van der Waals surface area (Å²) in [5, 5.41) is 0. The summed E-state index contributed by atoms with van der Waals surface area (Å²) in [6.45, 7) is 2.28. The Morgan fingerprint density at radius 3 is 2.48 bits per heavy atom. The number of aryl methyl sites for hydroxylation is 2. The van der Waals surface area contributed by atoms with Gasteiger partial charge in [-0.2, -0.15) is 0 Å². The van der Waals surface area contributed by atoms with E-state index in [1.54, 1.807) is 13.2 Å². The zero-order chi connectivity index (χ0) is 20.3. The summed E-state index contributed by atoms with van der Waals surface area (Å²) >= 11 is 0. The highest BCUT2D eigenvalue weighted by atomic mass is 32.2. The molecule has 0 aromatic heterocycles. The lowest BCUT2D eigenvalue weighted by molar-refractivity contribution is 0.240. The Labute approximate surface area is 174 Å². The average Bonchev–Trinajstić information content (AvgIpc) is 3.28. The van der Waals surface area contributed by atoms with Gasteiger partial charge in [-0.1, -0.05) is 24.3 Å². The molecule has 1 fully saturated rings. The van der Waals surface area contributed by atoms with Crippen LogP contribution in [0.5, 0.6) is 5.75 Å². The topological polar surface area (TPSA) is 58.6 Å². The van der Waals surface area contributed by atoms with Gasteiger partial charge in [-0.3, -0.25) is 4.90 Å². The maximum Gasteiger partial charge on any atom is 0.240 e. The Kier molecular flexibility index (Phi) is 6.23. The number of rotatable bonds is 7. The number of nitrogens with zero attached hydrogens (tertiary/aromatic N) is 1. The highest BCUT2D eigenvalue weighted by Crippen LogP contribution is 2.32. The number of methoxy groups -OCH3 is 1. The Morgan fingerprint density at radius 2 is 1.72 bits per heavy atom. The number of hydrogen-bond acceptors (Lipinski definition) is 4. The molecule has 0 saturated carbocycles. The van der Waals surface area contributed by atoms with Crippen LogP contribution in [0.1, 0.15) is 48.4 Å². The van der Waals surface area contributed by atoms with Crippen LogP contribution in [0.4, 0.5) is 0 Å². The van der Waals surface area contributed by atoms with E-state index in [1.165, 1.54) is 17.5 Å². The third kappa shape index (κ3) is 4.49. The van der Waals surface area contributed by atoms with E-state index < -0.39 is 10.0 Å². The number of nitrogens with one attached hydrogen (secondary N) is 1. The van der Waals surface area contributed by atoms with Gasteiger partial charge in [0.1, 0.15) is 5.75 Å². The molecule has 6 heteroatoms. The molecule has 0 bridgehead atoms. The Bertz CT molecular complexity index is 952. The summed E-state index contributed by atoms with van der Waals surface area (Å²) in [5.74, 6) is 0.803. The summed E-state index contributed by atoms with van der Waals surface area (Å²) in [4.78, 5) is 2.73. The van der Waals surface area contributed by atoms with E-state index in [1.807, 2.05) is 36.4 Å². The number of sulfonamides is 1. The second kappa shape index (κ2) is 8.86. The first-order chi connectivity index (χ1) is 14.1. The van der Waals surface area contributed by atoms with Gasteiger partial charge in [0.25, 0.3) is 0 Å². The molecule has 1 heterocycles. The zero-order valence-corrected chi connectivity index (χ0v) is 17.9. The lowest BCUT2D eigenvalue weighted by Gasteiger charge is -2.29. The third-order valence-electron chi connectivity index (χ3n) is 6.18. The first kappa shape index (κ1) is 20.4. The van der Waals surface area contributed by atoms with E-state index in [4.69, 9.17) is 4.74 Å². The van der Waals surface area contributed by atoms with E-state index >= 15 is 0 Å². The first-order valence-corrected chi connectivity index (χ1v) is 12.1. The monoisotopic (exact) mass is 414 g/mol. The van der Waals surface area contributed by atoms with E-state index in [2.05, 4.69) is 9.62 Å². The molecule has 1 N–H and O–H groups in total. The zero-order valence-electron chi connectivity index (χ0n) is 17.1. The summed E-state index contributed by atoms with van der Waals surface area (Å²) in [5.41, 5.74) is 3.50. The van der Waals surface area contributed by atoms with Crippen molar-refractivity contribution in [2.45, 2.75) is 49.5 Å². The van der Waals surface area contributed by atoms with Crippen LogP contribution >= 0.6 is 0 Å². The molecule has 2 aromatic carbocycles. The van der Waals surface area contributed by atoms with Crippen LogP contribution in [-0.4, -0.2) is 40.1 Å². The maximum absolute atomic E-state index is 13.1. The molecule has 0 radical (unpaired) electrons. The van der Waals surface area contributed by atoms with Crippen LogP contribution in [0.15, 0.2) is 47.4 Å². The largest absolute Gasteiger partial charge is 0.496 e. The number of hydrogen-bond donors (Lipinski definition) is 1. The predicted octanol–water partition coefficient (Wildman–Crippen LogP) is 3.69. The van der Waals surface area contributed by atoms with Crippen molar-refractivity contribution in [1.29, 1.82) is 0 Å². The second-order valence-electron chi connectivity index (χ2n) is 7.99. The van der Waals surface area contributed by atoms with Crippen molar-refractivity contribution in [3.05, 3.63) is 59.2 Å². The molecule has 5 nitrogen and oxygen atoms in total. The van der Waals surface area contributed by atoms with Crippen molar-refractivity contribution in [2.75, 3.05) is 26.7 Å². The van der Waals surface area contributed by atoms with Gasteiger partial charge >= 0.3 is 0 Å². The predicted molar refractivity (Wildman–Crippen MR) is 115 cm³/mol. The van der Waals surface area contributed by atoms with Crippen LogP contribution < -0.4 is 9.46 Å². The molecular formula is C23H30N2O3S. The smallest absolute Gasteiger partial charge is 0.240 e. The molecular weight excluding hydrogens is 384 g/mol. The normalized spacial score (nSPS) is 18.4. The summed E-state index contributed by atoms with van der Waals surface area (Å²) in [6.07, 6.45) is 6.62. The van der Waals surface area contributed by atoms with Crippen LogP contribution in [-0.2, 0) is 22.9 Å². The highest BCUT2D eigenvalue weighted by molar-refractivity contribution is 7.89. The molecule has 0 amide bonds. The van der Waals surface area contributed by atoms with Crippen molar-refractivity contribution in [1.82, 2.24) is 9.62 Å². The average molecular weight is 415 g/mol. The minimum Gasteiger partial charge on any atom is -0.496 e. The van der Waals surface area contributed by atoms with E-state index in [0.717, 1.165) is 56.5 Å². The van der Waals surface area contributed by atoms with Gasteiger partial charge in [0.05, 0.1) is 18.0 Å². The number of likely N-dealkylation sites (tertiary alicyclic amines) is 1. The van der Waals surface area contributed by atoms with Gasteiger partial charge in [-0.25, -0.2) is 13.1 Å². The molecule has 1 aliphatic carbocycles. The van der Waals surface area contributed by atoms with Gasteiger partial charge in [0.2, 0.25) is 10.0 Å². The van der Waals surface area contributed by atoms with Crippen molar-refractivity contribution in [3.8, 4) is 5.75 Å². The quantitative estimate of drug-likeness (QED) is 0.751. The van der Waals surface area contributed by atoms with Crippen molar-refractivity contribution >= 4 is 10.0 Å². The summed E-state index contributed by atoms with van der Waals surface area (Å²) in [6, 6.07) is 13.5. The molecule has 2 aromatic rings. The van der Waals surface area contributed by atoms with Crippen molar-refractivity contribution < 1.29 is 13.2 Å². The van der Waals surface area contributed by atoms with Gasteiger partial charge in [-0.15, -0.1) is 0 Å². The lowest BCUT2D eigenvalue weighted by atomic mass is 9.92. The van der Waals surface area contributed by atoms with Crippen molar-refractivity contribution in [3.63, 3.8) is 0 Å². The molecule has 1 atom stereocenters. The fraction of sp³-hybridized carbons (Fsp3) is 0.478. The molecule has 2 aliphatic rings. The SMILES string of the molecule is COc1ccccc1C(CNS(=O)(=O)c1ccc2c(c1)CCCC2)N1CCCC1. The minimum absolute atomic E-state index is 0.0407.